The zero-order valence-corrected chi connectivity index (χ0v) is 9.02. The van der Waals surface area contributed by atoms with Gasteiger partial charge in [-0.15, -0.1) is 11.3 Å². The molecule has 4 nitrogen and oxygen atoms in total. The number of carbonyl (C=O) groups excluding carboxylic acids is 1. The summed E-state index contributed by atoms with van der Waals surface area (Å²) >= 11 is 1.64. The summed E-state index contributed by atoms with van der Waals surface area (Å²) in [6.45, 7) is 4.48. The van der Waals surface area contributed by atoms with E-state index < -0.39 is 0 Å². The van der Waals surface area contributed by atoms with Crippen molar-refractivity contribution in [1.82, 2.24) is 15.6 Å². The van der Waals surface area contributed by atoms with Crippen LogP contribution in [0.5, 0.6) is 0 Å². The van der Waals surface area contributed by atoms with Crippen molar-refractivity contribution in [3.8, 4) is 0 Å². The van der Waals surface area contributed by atoms with Crippen LogP contribution in [0.1, 0.15) is 23.7 Å². The van der Waals surface area contributed by atoms with E-state index in [9.17, 15) is 4.79 Å². The van der Waals surface area contributed by atoms with Gasteiger partial charge in [-0.3, -0.25) is 10.1 Å². The van der Waals surface area contributed by atoms with Gasteiger partial charge >= 0.3 is 0 Å². The maximum atomic E-state index is 11.2. The van der Waals surface area contributed by atoms with Crippen molar-refractivity contribution in [2.24, 2.45) is 0 Å². The first-order chi connectivity index (χ1) is 6.66. The van der Waals surface area contributed by atoms with Crippen molar-refractivity contribution in [3.63, 3.8) is 0 Å². The topological polar surface area (TPSA) is 54.0 Å². The molecule has 0 aliphatic carbocycles. The van der Waals surface area contributed by atoms with Crippen LogP contribution in [0.4, 0.5) is 0 Å². The fraction of sp³-hybridized carbons (Fsp3) is 0.556. The van der Waals surface area contributed by atoms with Crippen LogP contribution in [0.15, 0.2) is 5.38 Å². The first-order valence-electron chi connectivity index (χ1n) is 4.62. The lowest BCUT2D eigenvalue weighted by atomic mass is 10.1. The normalized spacial score (nSPS) is 27.4. The Balaban J connectivity index is 2.10. The highest BCUT2D eigenvalue weighted by Gasteiger charge is 2.26. The molecule has 1 saturated heterocycles. The molecule has 1 aromatic rings. The molecule has 1 aromatic heterocycles. The lowest BCUT2D eigenvalue weighted by Gasteiger charge is -2.27. The van der Waals surface area contributed by atoms with Gasteiger partial charge in [0.1, 0.15) is 0 Å². The Labute approximate surface area is 86.7 Å². The van der Waals surface area contributed by atoms with Gasteiger partial charge in [0.15, 0.2) is 0 Å². The molecule has 2 atom stereocenters. The molecule has 1 aliphatic heterocycles. The third-order valence-electron chi connectivity index (χ3n) is 2.32. The van der Waals surface area contributed by atoms with Crippen LogP contribution in [-0.2, 0) is 4.79 Å². The highest BCUT2D eigenvalue weighted by atomic mass is 32.1. The summed E-state index contributed by atoms with van der Waals surface area (Å²) < 4.78 is 0. The van der Waals surface area contributed by atoms with Gasteiger partial charge in [-0.25, -0.2) is 4.98 Å². The minimum Gasteiger partial charge on any atom is -0.353 e. The van der Waals surface area contributed by atoms with Crippen LogP contribution in [0, 0.1) is 6.92 Å². The van der Waals surface area contributed by atoms with Crippen LogP contribution in [-0.4, -0.2) is 23.5 Å². The van der Waals surface area contributed by atoms with E-state index >= 15 is 0 Å². The minimum absolute atomic E-state index is 0.0631. The molecular weight excluding hydrogens is 198 g/mol. The average Bonchev–Trinajstić information content (AvgIpc) is 2.57. The maximum absolute atomic E-state index is 11.2. The summed E-state index contributed by atoms with van der Waals surface area (Å²) in [5, 5.41) is 9.18. The Morgan fingerprint density at radius 1 is 1.64 bits per heavy atom. The van der Waals surface area contributed by atoms with Crippen LogP contribution in [0.3, 0.4) is 0 Å². The van der Waals surface area contributed by atoms with Crippen molar-refractivity contribution in [1.29, 1.82) is 0 Å². The smallest absolute Gasteiger partial charge is 0.236 e. The van der Waals surface area contributed by atoms with E-state index in [1.54, 1.807) is 11.3 Å². The third-order valence-corrected chi connectivity index (χ3v) is 3.11. The van der Waals surface area contributed by atoms with Crippen LogP contribution < -0.4 is 10.6 Å². The van der Waals surface area contributed by atoms with Crippen molar-refractivity contribution < 1.29 is 4.79 Å². The maximum Gasteiger partial charge on any atom is 0.236 e. The molecule has 2 heterocycles. The van der Waals surface area contributed by atoms with E-state index in [0.717, 1.165) is 10.7 Å². The van der Waals surface area contributed by atoms with E-state index in [4.69, 9.17) is 0 Å². The molecule has 1 amide bonds. The summed E-state index contributed by atoms with van der Waals surface area (Å²) in [5.41, 5.74) is 1.03. The van der Waals surface area contributed by atoms with Crippen LogP contribution in [0.2, 0.25) is 0 Å². The van der Waals surface area contributed by atoms with Gasteiger partial charge in [-0.05, 0) is 13.8 Å². The molecule has 1 unspecified atom stereocenters. The second-order valence-corrected chi connectivity index (χ2v) is 4.54. The molecule has 76 valence electrons. The van der Waals surface area contributed by atoms with Gasteiger partial charge in [-0.1, -0.05) is 0 Å². The number of aromatic nitrogens is 1. The quantitative estimate of drug-likeness (QED) is 0.715. The van der Waals surface area contributed by atoms with E-state index in [-0.39, 0.29) is 18.0 Å². The number of piperazine rings is 1. The van der Waals surface area contributed by atoms with Crippen molar-refractivity contribution in [2.45, 2.75) is 25.9 Å². The lowest BCUT2D eigenvalue weighted by molar-refractivity contribution is -0.124. The molecule has 5 heteroatoms. The zero-order valence-electron chi connectivity index (χ0n) is 8.20. The molecule has 1 aliphatic rings. The minimum atomic E-state index is -0.129. The van der Waals surface area contributed by atoms with Crippen LogP contribution in [0.25, 0.3) is 0 Å². The van der Waals surface area contributed by atoms with Gasteiger partial charge in [0, 0.05) is 11.9 Å². The summed E-state index contributed by atoms with van der Waals surface area (Å²) in [5.74, 6) is 0.0631. The lowest BCUT2D eigenvalue weighted by Crippen LogP contribution is -2.53. The van der Waals surface area contributed by atoms with E-state index in [1.807, 2.05) is 19.2 Å². The Morgan fingerprint density at radius 2 is 2.43 bits per heavy atom. The fourth-order valence-electron chi connectivity index (χ4n) is 1.52. The number of thiazole rings is 1. The number of aryl methyl sites for hydroxylation is 1. The predicted octanol–water partition coefficient (Wildman–Crippen LogP) is 0.601. The summed E-state index contributed by atoms with van der Waals surface area (Å²) in [6, 6.07) is 0.0309. The van der Waals surface area contributed by atoms with Crippen molar-refractivity contribution >= 4 is 17.2 Å². The van der Waals surface area contributed by atoms with Gasteiger partial charge < -0.3 is 5.32 Å². The molecule has 0 bridgehead atoms. The second-order valence-electron chi connectivity index (χ2n) is 3.48. The average molecular weight is 211 g/mol. The molecule has 0 aromatic carbocycles. The zero-order chi connectivity index (χ0) is 10.1. The Bertz CT molecular complexity index is 350. The molecule has 14 heavy (non-hydrogen) atoms. The van der Waals surface area contributed by atoms with Gasteiger partial charge in [0.25, 0.3) is 0 Å². The largest absolute Gasteiger partial charge is 0.353 e. The molecule has 0 radical (unpaired) electrons. The van der Waals surface area contributed by atoms with Gasteiger partial charge in [0.2, 0.25) is 5.91 Å². The second kappa shape index (κ2) is 3.67. The van der Waals surface area contributed by atoms with Crippen molar-refractivity contribution in [3.05, 3.63) is 16.1 Å². The number of carbonyl (C=O) groups is 1. The molecular formula is C9H13N3OS. The molecule has 0 saturated carbocycles. The molecule has 2 N–H and O–H groups in total. The number of rotatable bonds is 1. The first kappa shape index (κ1) is 9.61. The van der Waals surface area contributed by atoms with E-state index in [2.05, 4.69) is 15.6 Å². The standard InChI is InChI=1S/C9H13N3OS/c1-5-9(13)10-3-7(11-5)8-4-14-6(2)12-8/h4-5,7,11H,3H2,1-2H3,(H,10,13)/t5-,7?/m1/s1. The summed E-state index contributed by atoms with van der Waals surface area (Å²) in [7, 11) is 0. The summed E-state index contributed by atoms with van der Waals surface area (Å²) in [4.78, 5) is 15.6. The Morgan fingerprint density at radius 3 is 3.00 bits per heavy atom. The Hall–Kier alpha value is -0.940. The Kier molecular flexibility index (Phi) is 2.52. The summed E-state index contributed by atoms with van der Waals surface area (Å²) in [6.07, 6.45) is 0. The van der Waals surface area contributed by atoms with Crippen LogP contribution >= 0.6 is 11.3 Å². The highest BCUT2D eigenvalue weighted by molar-refractivity contribution is 7.09. The number of nitrogens with one attached hydrogen (secondary N) is 2. The number of hydrogen-bond donors (Lipinski definition) is 2. The number of hydrogen-bond acceptors (Lipinski definition) is 4. The highest BCUT2D eigenvalue weighted by Crippen LogP contribution is 2.17. The van der Waals surface area contributed by atoms with Gasteiger partial charge in [0.05, 0.1) is 22.8 Å². The van der Waals surface area contributed by atoms with Crippen molar-refractivity contribution in [2.75, 3.05) is 6.54 Å². The number of nitrogens with zero attached hydrogens (tertiary/aromatic N) is 1. The molecule has 0 spiro atoms. The van der Waals surface area contributed by atoms with E-state index in [0.29, 0.717) is 6.54 Å². The SMILES string of the molecule is Cc1nc(C2CNC(=O)[C@@H](C)N2)cs1. The van der Waals surface area contributed by atoms with Gasteiger partial charge in [-0.2, -0.15) is 0 Å². The monoisotopic (exact) mass is 211 g/mol. The molecule has 2 rings (SSSR count). The predicted molar refractivity (Wildman–Crippen MR) is 55.2 cm³/mol. The van der Waals surface area contributed by atoms with E-state index in [1.165, 1.54) is 0 Å². The fourth-order valence-corrected chi connectivity index (χ4v) is 2.19. The molecule has 1 fully saturated rings. The first-order valence-corrected chi connectivity index (χ1v) is 5.50. The number of amides is 1. The third kappa shape index (κ3) is 1.78.